The Kier molecular flexibility index (Phi) is 3.26. The normalized spacial score (nSPS) is 17.5. The average molecular weight is 175 g/mol. The molecule has 0 bridgehead atoms. The first-order valence-corrected chi connectivity index (χ1v) is 4.17. The smallest absolute Gasteiger partial charge is 0.0966 e. The van der Waals surface area contributed by atoms with Crippen molar-refractivity contribution in [3.8, 4) is 0 Å². The van der Waals surface area contributed by atoms with Crippen LogP contribution < -0.4 is 0 Å². The Balaban J connectivity index is 2.92. The van der Waals surface area contributed by atoms with Gasteiger partial charge < -0.3 is 10.5 Å². The van der Waals surface area contributed by atoms with E-state index in [1.807, 2.05) is 19.1 Å². The molecule has 13 heavy (non-hydrogen) atoms. The molecule has 1 aliphatic rings. The van der Waals surface area contributed by atoms with Crippen LogP contribution >= 0.6 is 0 Å². The van der Waals surface area contributed by atoms with Crippen LogP contribution in [0.2, 0.25) is 0 Å². The first kappa shape index (κ1) is 9.52. The van der Waals surface area contributed by atoms with Crippen LogP contribution in [0.25, 0.3) is 0 Å². The Morgan fingerprint density at radius 2 is 2.23 bits per heavy atom. The highest BCUT2D eigenvalue weighted by Gasteiger charge is 1.98. The summed E-state index contributed by atoms with van der Waals surface area (Å²) in [6.07, 6.45) is 10.9. The van der Waals surface area contributed by atoms with Gasteiger partial charge in [0.15, 0.2) is 0 Å². The fraction of sp³-hybridized carbons (Fsp3) is 0.182. The van der Waals surface area contributed by atoms with Crippen molar-refractivity contribution in [3.63, 3.8) is 0 Å². The molecule has 0 aromatic heterocycles. The van der Waals surface area contributed by atoms with Gasteiger partial charge in [0.1, 0.15) is 0 Å². The summed E-state index contributed by atoms with van der Waals surface area (Å²) in [5, 5.41) is 16.2. The lowest BCUT2D eigenvalue weighted by Gasteiger charge is -1.92. The summed E-state index contributed by atoms with van der Waals surface area (Å²) in [6, 6.07) is 0. The lowest BCUT2D eigenvalue weighted by Crippen LogP contribution is -1.77. The maximum Gasteiger partial charge on any atom is 0.0966 e. The third-order valence-corrected chi connectivity index (χ3v) is 1.75. The quantitative estimate of drug-likeness (QED) is 0.623. The summed E-state index contributed by atoms with van der Waals surface area (Å²) in [5.41, 5.74) is 2.05. The highest BCUT2D eigenvalue weighted by molar-refractivity contribution is 5.69. The number of allylic oxidation sites excluding steroid dienone is 7. The molecule has 2 N–H and O–H groups in total. The van der Waals surface area contributed by atoms with Gasteiger partial charge in [0.2, 0.25) is 0 Å². The van der Waals surface area contributed by atoms with Gasteiger partial charge in [0, 0.05) is 12.6 Å². The van der Waals surface area contributed by atoms with Crippen molar-refractivity contribution < 1.29 is 5.11 Å². The van der Waals surface area contributed by atoms with Gasteiger partial charge in [-0.15, -0.1) is 0 Å². The molecule has 0 fully saturated rings. The molecule has 0 heterocycles. The van der Waals surface area contributed by atoms with E-state index in [4.69, 9.17) is 5.41 Å². The molecule has 0 saturated carbocycles. The van der Waals surface area contributed by atoms with Crippen molar-refractivity contribution in [2.75, 3.05) is 0 Å². The van der Waals surface area contributed by atoms with E-state index >= 15 is 0 Å². The predicted octanol–water partition coefficient (Wildman–Crippen LogP) is 2.91. The molecule has 0 atom stereocenters. The van der Waals surface area contributed by atoms with Gasteiger partial charge in [0.05, 0.1) is 5.76 Å². The van der Waals surface area contributed by atoms with Gasteiger partial charge in [-0.2, -0.15) is 0 Å². The first-order chi connectivity index (χ1) is 6.22. The summed E-state index contributed by atoms with van der Waals surface area (Å²) in [5.74, 6) is 0.359. The lowest BCUT2D eigenvalue weighted by molar-refractivity contribution is 0.401. The van der Waals surface area contributed by atoms with Crippen molar-refractivity contribution in [1.82, 2.24) is 0 Å². The van der Waals surface area contributed by atoms with Gasteiger partial charge in [0.25, 0.3) is 0 Å². The van der Waals surface area contributed by atoms with Crippen LogP contribution in [0.3, 0.4) is 0 Å². The maximum absolute atomic E-state index is 9.36. The average Bonchev–Trinajstić information content (AvgIpc) is 2.25. The maximum atomic E-state index is 9.36. The van der Waals surface area contributed by atoms with Crippen LogP contribution in [0.15, 0.2) is 47.3 Å². The molecule has 0 spiro atoms. The Hall–Kier alpha value is -1.57. The molecule has 0 amide bonds. The number of hydrogen-bond acceptors (Lipinski definition) is 2. The third kappa shape index (κ3) is 3.11. The minimum Gasteiger partial charge on any atom is -0.512 e. The zero-order chi connectivity index (χ0) is 9.68. The molecule has 0 aromatic rings. The zero-order valence-corrected chi connectivity index (χ0v) is 7.62. The van der Waals surface area contributed by atoms with E-state index in [2.05, 4.69) is 0 Å². The standard InChI is InChI=1S/C11H13NO/c1-9-4-5-11(13)8-10(7-9)3-2-6-12/h2-4,6-8,12-13H,5H2,1H3/b3-2-,12-6?. The van der Waals surface area contributed by atoms with Crippen LogP contribution in [0.4, 0.5) is 0 Å². The van der Waals surface area contributed by atoms with Crippen molar-refractivity contribution in [2.45, 2.75) is 13.3 Å². The van der Waals surface area contributed by atoms with E-state index in [1.54, 1.807) is 18.2 Å². The minimum absolute atomic E-state index is 0.359. The number of rotatable bonds is 2. The molecule has 0 radical (unpaired) electrons. The second-order valence-electron chi connectivity index (χ2n) is 2.96. The molecule has 2 heteroatoms. The van der Waals surface area contributed by atoms with Gasteiger partial charge in [-0.05, 0) is 24.6 Å². The van der Waals surface area contributed by atoms with Gasteiger partial charge in [-0.3, -0.25) is 0 Å². The van der Waals surface area contributed by atoms with Crippen LogP contribution in [-0.4, -0.2) is 11.3 Å². The van der Waals surface area contributed by atoms with E-state index in [-0.39, 0.29) is 0 Å². The minimum atomic E-state index is 0.359. The summed E-state index contributed by atoms with van der Waals surface area (Å²) < 4.78 is 0. The second kappa shape index (κ2) is 4.45. The van der Waals surface area contributed by atoms with Crippen molar-refractivity contribution in [1.29, 1.82) is 5.41 Å². The SMILES string of the molecule is CC1=CCC(O)=CC(/C=C\C=N)=C1. The van der Waals surface area contributed by atoms with E-state index in [0.717, 1.165) is 11.1 Å². The zero-order valence-electron chi connectivity index (χ0n) is 7.62. The Bertz CT molecular complexity index is 319. The van der Waals surface area contributed by atoms with E-state index in [0.29, 0.717) is 12.2 Å². The predicted molar refractivity (Wildman–Crippen MR) is 55.1 cm³/mol. The lowest BCUT2D eigenvalue weighted by atomic mass is 10.1. The van der Waals surface area contributed by atoms with Crippen molar-refractivity contribution in [3.05, 3.63) is 47.3 Å². The molecular weight excluding hydrogens is 162 g/mol. The molecule has 1 rings (SSSR count). The fourth-order valence-electron chi connectivity index (χ4n) is 1.14. The van der Waals surface area contributed by atoms with E-state index in [9.17, 15) is 5.11 Å². The Morgan fingerprint density at radius 3 is 2.92 bits per heavy atom. The van der Waals surface area contributed by atoms with Gasteiger partial charge >= 0.3 is 0 Å². The molecule has 2 nitrogen and oxygen atoms in total. The monoisotopic (exact) mass is 175 g/mol. The first-order valence-electron chi connectivity index (χ1n) is 4.17. The Morgan fingerprint density at radius 1 is 1.46 bits per heavy atom. The van der Waals surface area contributed by atoms with Crippen molar-refractivity contribution in [2.24, 2.45) is 0 Å². The van der Waals surface area contributed by atoms with Crippen LogP contribution in [0.5, 0.6) is 0 Å². The summed E-state index contributed by atoms with van der Waals surface area (Å²) in [7, 11) is 0. The highest BCUT2D eigenvalue weighted by atomic mass is 16.3. The number of aliphatic hydroxyl groups is 1. The van der Waals surface area contributed by atoms with Gasteiger partial charge in [-0.25, -0.2) is 0 Å². The molecule has 1 aliphatic carbocycles. The van der Waals surface area contributed by atoms with Gasteiger partial charge in [-0.1, -0.05) is 23.8 Å². The summed E-state index contributed by atoms with van der Waals surface area (Å²) in [4.78, 5) is 0. The molecule has 0 saturated heterocycles. The second-order valence-corrected chi connectivity index (χ2v) is 2.96. The highest BCUT2D eigenvalue weighted by Crippen LogP contribution is 2.15. The molecule has 68 valence electrons. The van der Waals surface area contributed by atoms with Crippen LogP contribution in [0, 0.1) is 5.41 Å². The van der Waals surface area contributed by atoms with Crippen LogP contribution in [0.1, 0.15) is 13.3 Å². The topological polar surface area (TPSA) is 44.1 Å². The fourth-order valence-corrected chi connectivity index (χ4v) is 1.14. The summed E-state index contributed by atoms with van der Waals surface area (Å²) in [6.45, 7) is 1.99. The molecule has 0 unspecified atom stereocenters. The van der Waals surface area contributed by atoms with Crippen LogP contribution in [-0.2, 0) is 0 Å². The summed E-state index contributed by atoms with van der Waals surface area (Å²) >= 11 is 0. The van der Waals surface area contributed by atoms with Crippen molar-refractivity contribution >= 4 is 6.21 Å². The molecular formula is C11H13NO. The molecule has 0 aliphatic heterocycles. The van der Waals surface area contributed by atoms with E-state index in [1.165, 1.54) is 6.21 Å². The molecule has 0 aromatic carbocycles. The third-order valence-electron chi connectivity index (χ3n) is 1.75. The number of aliphatic hydroxyl groups excluding tert-OH is 1. The Labute approximate surface area is 78.1 Å². The largest absolute Gasteiger partial charge is 0.512 e. The number of hydrogen-bond donors (Lipinski definition) is 2. The number of nitrogens with one attached hydrogen (secondary N) is 1. The van der Waals surface area contributed by atoms with E-state index < -0.39 is 0 Å².